The quantitative estimate of drug-likeness (QED) is 0.536. The van der Waals surface area contributed by atoms with E-state index in [-0.39, 0.29) is 18.2 Å². The minimum Gasteiger partial charge on any atom is -0.423 e. The van der Waals surface area contributed by atoms with Crippen LogP contribution >= 0.6 is 11.3 Å². The minimum atomic E-state index is -2.57. The molecule has 2 amide bonds. The highest BCUT2D eigenvalue weighted by molar-refractivity contribution is 7.16. The number of rotatable bonds is 5. The van der Waals surface area contributed by atoms with Crippen LogP contribution in [0.2, 0.25) is 0 Å². The maximum atomic E-state index is 13.0. The molecule has 1 atom stereocenters. The van der Waals surface area contributed by atoms with Crippen LogP contribution in [0.5, 0.6) is 0 Å². The summed E-state index contributed by atoms with van der Waals surface area (Å²) >= 11 is 1.36. The maximum Gasteiger partial charge on any atom is 0.321 e. The number of anilines is 2. The predicted octanol–water partition coefficient (Wildman–Crippen LogP) is 4.24. The van der Waals surface area contributed by atoms with Crippen LogP contribution < -0.4 is 15.5 Å². The van der Waals surface area contributed by atoms with E-state index in [0.717, 1.165) is 10.6 Å². The zero-order chi connectivity index (χ0) is 22.3. The summed E-state index contributed by atoms with van der Waals surface area (Å²) in [5.41, 5.74) is 0.628. The molecule has 0 bridgehead atoms. The number of hydrogen-bond donors (Lipinski definition) is 3. The molecule has 8 nitrogen and oxygen atoms in total. The Balaban J connectivity index is 1.50. The Labute approximate surface area is 181 Å². The second-order valence-electron chi connectivity index (χ2n) is 8.09. The lowest BCUT2D eigenvalue weighted by atomic mass is 10.1. The lowest BCUT2D eigenvalue weighted by molar-refractivity contribution is 0.0826. The van der Waals surface area contributed by atoms with E-state index in [9.17, 15) is 18.7 Å². The monoisotopic (exact) mass is 451 g/mol. The molecule has 3 aromatic rings. The van der Waals surface area contributed by atoms with Crippen molar-refractivity contribution in [1.29, 1.82) is 0 Å². The molecule has 0 fully saturated rings. The SMILES string of the molecule is C[C@H]1c2sc(NC(=O)NCC(C)(C)O)nc2CCN1c1nc2cc(C(F)F)ccc2o1. The first-order valence-corrected chi connectivity index (χ1v) is 10.6. The van der Waals surface area contributed by atoms with Crippen molar-refractivity contribution in [2.75, 3.05) is 23.3 Å². The van der Waals surface area contributed by atoms with Crippen molar-refractivity contribution in [1.82, 2.24) is 15.3 Å². The van der Waals surface area contributed by atoms with Crippen molar-refractivity contribution in [3.05, 3.63) is 34.3 Å². The normalized spacial score (nSPS) is 16.6. The Bertz CT molecular complexity index is 1110. The van der Waals surface area contributed by atoms with Gasteiger partial charge < -0.3 is 19.7 Å². The number of benzene rings is 1. The summed E-state index contributed by atoms with van der Waals surface area (Å²) in [5, 5.41) is 15.5. The number of alkyl halides is 2. The van der Waals surface area contributed by atoms with Gasteiger partial charge in [0.15, 0.2) is 10.7 Å². The molecule has 166 valence electrons. The Morgan fingerprint density at radius 2 is 2.19 bits per heavy atom. The molecule has 4 rings (SSSR count). The van der Waals surface area contributed by atoms with Crippen molar-refractivity contribution < 1.29 is 23.1 Å². The van der Waals surface area contributed by atoms with Crippen molar-refractivity contribution in [3.63, 3.8) is 0 Å². The van der Waals surface area contributed by atoms with E-state index in [0.29, 0.717) is 35.2 Å². The third kappa shape index (κ3) is 4.62. The van der Waals surface area contributed by atoms with Crippen molar-refractivity contribution in [2.45, 2.75) is 45.3 Å². The molecule has 1 aromatic carbocycles. The molecule has 2 aromatic heterocycles. The first-order valence-electron chi connectivity index (χ1n) is 9.83. The fourth-order valence-electron chi connectivity index (χ4n) is 3.37. The first-order chi connectivity index (χ1) is 14.6. The van der Waals surface area contributed by atoms with E-state index in [1.807, 2.05) is 11.8 Å². The molecule has 0 unspecified atom stereocenters. The van der Waals surface area contributed by atoms with Crippen LogP contribution in [0.4, 0.5) is 24.7 Å². The van der Waals surface area contributed by atoms with Gasteiger partial charge in [0.05, 0.1) is 22.2 Å². The number of halogens is 2. The molecular weight excluding hydrogens is 428 g/mol. The largest absolute Gasteiger partial charge is 0.423 e. The summed E-state index contributed by atoms with van der Waals surface area (Å²) in [7, 11) is 0. The van der Waals surface area contributed by atoms with Gasteiger partial charge in [0.25, 0.3) is 12.4 Å². The molecule has 0 aliphatic carbocycles. The number of thiazole rings is 1. The van der Waals surface area contributed by atoms with Crippen LogP contribution in [0, 0.1) is 0 Å². The zero-order valence-electron chi connectivity index (χ0n) is 17.3. The van der Waals surface area contributed by atoms with Gasteiger partial charge in [-0.25, -0.2) is 18.6 Å². The van der Waals surface area contributed by atoms with Gasteiger partial charge in [-0.3, -0.25) is 5.32 Å². The van der Waals surface area contributed by atoms with Crippen LogP contribution in [0.25, 0.3) is 11.1 Å². The topological polar surface area (TPSA) is 104 Å². The second-order valence-corrected chi connectivity index (χ2v) is 9.12. The molecule has 0 saturated carbocycles. The number of nitrogens with zero attached hydrogens (tertiary/aromatic N) is 3. The maximum absolute atomic E-state index is 13.0. The highest BCUT2D eigenvalue weighted by atomic mass is 32.1. The third-order valence-corrected chi connectivity index (χ3v) is 6.15. The summed E-state index contributed by atoms with van der Waals surface area (Å²) in [6.07, 6.45) is -1.94. The smallest absolute Gasteiger partial charge is 0.321 e. The van der Waals surface area contributed by atoms with Crippen molar-refractivity contribution >= 4 is 39.6 Å². The summed E-state index contributed by atoms with van der Waals surface area (Å²) in [4.78, 5) is 23.9. The number of aromatic nitrogens is 2. The number of urea groups is 1. The lowest BCUT2D eigenvalue weighted by Crippen LogP contribution is -2.40. The molecule has 1 aliphatic heterocycles. The molecule has 3 N–H and O–H groups in total. The van der Waals surface area contributed by atoms with Gasteiger partial charge in [-0.2, -0.15) is 4.98 Å². The summed E-state index contributed by atoms with van der Waals surface area (Å²) < 4.78 is 31.7. The van der Waals surface area contributed by atoms with Crippen LogP contribution in [0.1, 0.15) is 49.4 Å². The van der Waals surface area contributed by atoms with E-state index in [1.54, 1.807) is 13.8 Å². The lowest BCUT2D eigenvalue weighted by Gasteiger charge is -2.31. The Morgan fingerprint density at radius 3 is 2.90 bits per heavy atom. The van der Waals surface area contributed by atoms with Gasteiger partial charge >= 0.3 is 6.03 Å². The first kappa shape index (κ1) is 21.4. The Kier molecular flexibility index (Phi) is 5.56. The number of fused-ring (bicyclic) bond motifs is 2. The molecule has 31 heavy (non-hydrogen) atoms. The minimum absolute atomic E-state index is 0.0950. The summed E-state index contributed by atoms with van der Waals surface area (Å²) in [6.45, 7) is 5.89. The number of aliphatic hydroxyl groups is 1. The second kappa shape index (κ2) is 8.04. The average molecular weight is 451 g/mol. The molecule has 0 saturated heterocycles. The Morgan fingerprint density at radius 1 is 1.42 bits per heavy atom. The van der Waals surface area contributed by atoms with Gasteiger partial charge in [-0.15, -0.1) is 0 Å². The van der Waals surface area contributed by atoms with Gasteiger partial charge in [0, 0.05) is 25.1 Å². The molecule has 3 heterocycles. The van der Waals surface area contributed by atoms with E-state index < -0.39 is 18.1 Å². The van der Waals surface area contributed by atoms with Crippen molar-refractivity contribution in [2.24, 2.45) is 0 Å². The van der Waals surface area contributed by atoms with E-state index in [4.69, 9.17) is 4.42 Å². The molecular formula is C20H23F2N5O3S. The number of amides is 2. The highest BCUT2D eigenvalue weighted by Crippen LogP contribution is 2.39. The highest BCUT2D eigenvalue weighted by Gasteiger charge is 2.31. The summed E-state index contributed by atoms with van der Waals surface area (Å²) in [5.74, 6) is 0. The van der Waals surface area contributed by atoms with Gasteiger partial charge in [0.2, 0.25) is 0 Å². The van der Waals surface area contributed by atoms with E-state index >= 15 is 0 Å². The number of nitrogens with one attached hydrogen (secondary N) is 2. The molecule has 11 heteroatoms. The fraction of sp³-hybridized carbons (Fsp3) is 0.450. The van der Waals surface area contributed by atoms with E-state index in [2.05, 4.69) is 20.6 Å². The van der Waals surface area contributed by atoms with Gasteiger partial charge in [-0.05, 0) is 39.0 Å². The Hall–Kier alpha value is -2.79. The van der Waals surface area contributed by atoms with Gasteiger partial charge in [0.1, 0.15) is 5.52 Å². The number of oxazole rings is 1. The zero-order valence-corrected chi connectivity index (χ0v) is 18.1. The fourth-order valence-corrected chi connectivity index (χ4v) is 4.45. The predicted molar refractivity (Wildman–Crippen MR) is 114 cm³/mol. The van der Waals surface area contributed by atoms with E-state index in [1.165, 1.54) is 29.5 Å². The summed E-state index contributed by atoms with van der Waals surface area (Å²) in [6, 6.07) is 4.00. The van der Waals surface area contributed by atoms with Crippen molar-refractivity contribution in [3.8, 4) is 0 Å². The van der Waals surface area contributed by atoms with Crippen LogP contribution in [-0.4, -0.2) is 39.8 Å². The number of carbonyl (C=O) groups excluding carboxylic acids is 1. The standard InChI is InChI=1S/C20H23F2N5O3S/c1-10-15-12(24-18(31-15)26-17(28)23-9-20(2,3)29)6-7-27(10)19-25-13-8-11(16(21)22)4-5-14(13)30-19/h4-5,8,10,16,29H,6-7,9H2,1-3H3,(H2,23,24,26,28)/t10-/m0/s1. The molecule has 1 aliphatic rings. The number of hydrogen-bond acceptors (Lipinski definition) is 7. The number of carbonyl (C=O) groups is 1. The molecule has 0 radical (unpaired) electrons. The van der Waals surface area contributed by atoms with Crippen LogP contribution in [-0.2, 0) is 6.42 Å². The molecule has 0 spiro atoms. The average Bonchev–Trinajstić information content (AvgIpc) is 3.29. The van der Waals surface area contributed by atoms with Crippen LogP contribution in [0.3, 0.4) is 0 Å². The van der Waals surface area contributed by atoms with Crippen LogP contribution in [0.15, 0.2) is 22.6 Å². The third-order valence-electron chi connectivity index (χ3n) is 4.96. The van der Waals surface area contributed by atoms with Gasteiger partial charge in [-0.1, -0.05) is 11.3 Å².